The summed E-state index contributed by atoms with van der Waals surface area (Å²) in [5.41, 5.74) is 1.16. The van der Waals surface area contributed by atoms with Crippen LogP contribution in [0.1, 0.15) is 49.7 Å². The first-order valence-electron chi connectivity index (χ1n) is 13.2. The maximum absolute atomic E-state index is 13.0. The maximum atomic E-state index is 13.0. The van der Waals surface area contributed by atoms with Crippen LogP contribution in [0.15, 0.2) is 54.9 Å². The van der Waals surface area contributed by atoms with Crippen LogP contribution in [0.4, 0.5) is 0 Å². The summed E-state index contributed by atoms with van der Waals surface area (Å²) in [7, 11) is 0. The molecule has 3 heterocycles. The van der Waals surface area contributed by atoms with E-state index in [0.29, 0.717) is 52.1 Å². The predicted molar refractivity (Wildman–Crippen MR) is 140 cm³/mol. The molecular formula is C28H39N5O4. The number of rotatable bonds is 10. The van der Waals surface area contributed by atoms with E-state index in [4.69, 9.17) is 0 Å². The molecule has 4 rings (SSSR count). The van der Waals surface area contributed by atoms with Crippen molar-refractivity contribution in [1.29, 1.82) is 0 Å². The molecule has 2 aromatic rings. The number of nitrogens with one attached hydrogen (secondary N) is 1. The third kappa shape index (κ3) is 7.35. The summed E-state index contributed by atoms with van der Waals surface area (Å²) in [5, 5.41) is 24.2. The van der Waals surface area contributed by atoms with Crippen molar-refractivity contribution in [3.8, 4) is 0 Å². The molecule has 1 aromatic carbocycles. The second-order valence-electron chi connectivity index (χ2n) is 10.4. The second kappa shape index (κ2) is 12.6. The molecule has 9 nitrogen and oxygen atoms in total. The van der Waals surface area contributed by atoms with Crippen LogP contribution in [0.5, 0.6) is 0 Å². The van der Waals surface area contributed by atoms with Crippen molar-refractivity contribution < 1.29 is 19.8 Å². The first-order valence-corrected chi connectivity index (χ1v) is 13.2. The number of aliphatic hydroxyl groups excluding tert-OH is 1. The van der Waals surface area contributed by atoms with Crippen molar-refractivity contribution in [2.75, 3.05) is 39.5 Å². The lowest BCUT2D eigenvalue weighted by molar-refractivity contribution is -0.146. The van der Waals surface area contributed by atoms with Crippen molar-refractivity contribution in [2.45, 2.75) is 56.8 Å². The Morgan fingerprint density at radius 1 is 1.22 bits per heavy atom. The van der Waals surface area contributed by atoms with Gasteiger partial charge in [0.15, 0.2) is 0 Å². The van der Waals surface area contributed by atoms with Gasteiger partial charge in [0.1, 0.15) is 0 Å². The van der Waals surface area contributed by atoms with E-state index in [2.05, 4.69) is 17.2 Å². The SMILES string of the molecule is C[C@H](CC(=O)N1CCC(O)(CN2CNC(N(CCO)Cc3cccnc3)CC2=O)CC1)c1ccccc1. The average molecular weight is 510 g/mol. The molecule has 0 saturated carbocycles. The summed E-state index contributed by atoms with van der Waals surface area (Å²) in [6, 6.07) is 13.9. The molecule has 0 bridgehead atoms. The van der Waals surface area contributed by atoms with Gasteiger partial charge in [-0.1, -0.05) is 43.3 Å². The molecule has 0 aliphatic carbocycles. The number of aliphatic hydroxyl groups is 2. The molecule has 2 atom stereocenters. The molecule has 2 aliphatic rings. The highest BCUT2D eigenvalue weighted by atomic mass is 16.3. The summed E-state index contributed by atoms with van der Waals surface area (Å²) in [6.45, 7) is 4.64. The molecule has 1 aromatic heterocycles. The summed E-state index contributed by atoms with van der Waals surface area (Å²) in [5.74, 6) is 0.221. The molecule has 0 radical (unpaired) electrons. The van der Waals surface area contributed by atoms with Gasteiger partial charge in [0.05, 0.1) is 38.0 Å². The minimum absolute atomic E-state index is 0.00452. The molecule has 9 heteroatoms. The van der Waals surface area contributed by atoms with E-state index < -0.39 is 5.60 Å². The highest BCUT2D eigenvalue weighted by Gasteiger charge is 2.39. The van der Waals surface area contributed by atoms with Gasteiger partial charge in [-0.15, -0.1) is 0 Å². The number of nitrogens with zero attached hydrogens (tertiary/aromatic N) is 4. The van der Waals surface area contributed by atoms with Crippen LogP contribution in [0.3, 0.4) is 0 Å². The number of β-amino-alcohol motifs (C(OH)–C–C–N with tert-alkyl or cyclic N) is 1. The van der Waals surface area contributed by atoms with Crippen LogP contribution in [0, 0.1) is 0 Å². The first kappa shape index (κ1) is 27.2. The third-order valence-corrected chi connectivity index (χ3v) is 7.56. The molecule has 200 valence electrons. The van der Waals surface area contributed by atoms with Crippen molar-refractivity contribution in [3.05, 3.63) is 66.0 Å². The zero-order valence-electron chi connectivity index (χ0n) is 21.6. The van der Waals surface area contributed by atoms with Gasteiger partial charge >= 0.3 is 0 Å². The summed E-state index contributed by atoms with van der Waals surface area (Å²) < 4.78 is 0. The summed E-state index contributed by atoms with van der Waals surface area (Å²) in [4.78, 5) is 35.6. The number of carbonyl (C=O) groups is 2. The Labute approximate surface area is 219 Å². The Kier molecular flexibility index (Phi) is 9.26. The molecule has 37 heavy (non-hydrogen) atoms. The largest absolute Gasteiger partial charge is 0.395 e. The van der Waals surface area contributed by atoms with E-state index in [1.54, 1.807) is 17.3 Å². The lowest BCUT2D eigenvalue weighted by atomic mass is 9.89. The van der Waals surface area contributed by atoms with E-state index in [1.807, 2.05) is 52.3 Å². The standard InChI is InChI=1S/C28H39N5O4/c1-22(24-7-3-2-4-8-24)16-26(35)31-12-9-28(37,10-13-31)20-33-21-30-25(17-27(33)36)32(14-15-34)19-23-6-5-11-29-18-23/h2-8,11,18,22,25,30,34,37H,9-10,12-17,19-21H2,1H3/t22-,25?/m1/s1. The van der Waals surface area contributed by atoms with Gasteiger partial charge in [0.2, 0.25) is 11.8 Å². The smallest absolute Gasteiger partial charge is 0.226 e. The number of hydrogen-bond acceptors (Lipinski definition) is 7. The predicted octanol–water partition coefficient (Wildman–Crippen LogP) is 1.53. The molecule has 1 unspecified atom stereocenters. The quantitative estimate of drug-likeness (QED) is 0.446. The van der Waals surface area contributed by atoms with E-state index >= 15 is 0 Å². The Balaban J connectivity index is 1.25. The van der Waals surface area contributed by atoms with Crippen LogP contribution >= 0.6 is 0 Å². The van der Waals surface area contributed by atoms with Gasteiger partial charge < -0.3 is 20.0 Å². The number of likely N-dealkylation sites (tertiary alicyclic amines) is 1. The van der Waals surface area contributed by atoms with Gasteiger partial charge in [0, 0.05) is 45.0 Å². The Bertz CT molecular complexity index is 1010. The fraction of sp³-hybridized carbons (Fsp3) is 0.536. The van der Waals surface area contributed by atoms with Crippen LogP contribution in [0.25, 0.3) is 0 Å². The number of benzene rings is 1. The van der Waals surface area contributed by atoms with Gasteiger partial charge in [0.25, 0.3) is 0 Å². The van der Waals surface area contributed by atoms with Gasteiger partial charge in [-0.05, 0) is 36.0 Å². The zero-order chi connectivity index (χ0) is 26.3. The highest BCUT2D eigenvalue weighted by Crippen LogP contribution is 2.27. The molecule has 2 aliphatic heterocycles. The molecule has 2 amide bonds. The first-order chi connectivity index (χ1) is 17.9. The average Bonchev–Trinajstić information content (AvgIpc) is 2.91. The Morgan fingerprint density at radius 2 is 1.97 bits per heavy atom. The number of piperidine rings is 1. The molecule has 3 N–H and O–H groups in total. The Morgan fingerprint density at radius 3 is 2.62 bits per heavy atom. The summed E-state index contributed by atoms with van der Waals surface area (Å²) in [6.07, 6.45) is 4.91. The van der Waals surface area contributed by atoms with Crippen LogP contribution in [-0.4, -0.2) is 92.9 Å². The fourth-order valence-corrected chi connectivity index (χ4v) is 5.25. The van der Waals surface area contributed by atoms with Gasteiger partial charge in [-0.25, -0.2) is 0 Å². The molecule has 2 fully saturated rings. The van der Waals surface area contributed by atoms with Crippen molar-refractivity contribution in [1.82, 2.24) is 25.0 Å². The molecular weight excluding hydrogens is 470 g/mol. The Hall–Kier alpha value is -2.85. The lowest BCUT2D eigenvalue weighted by Crippen LogP contribution is -2.61. The van der Waals surface area contributed by atoms with Crippen molar-refractivity contribution in [3.63, 3.8) is 0 Å². The number of aromatic nitrogens is 1. The fourth-order valence-electron chi connectivity index (χ4n) is 5.25. The van der Waals surface area contributed by atoms with E-state index in [-0.39, 0.29) is 43.5 Å². The van der Waals surface area contributed by atoms with Gasteiger partial charge in [-0.2, -0.15) is 0 Å². The normalized spacial score (nSPS) is 20.8. The minimum atomic E-state index is -1.01. The second-order valence-corrected chi connectivity index (χ2v) is 10.4. The topological polar surface area (TPSA) is 109 Å². The zero-order valence-corrected chi connectivity index (χ0v) is 21.6. The van der Waals surface area contributed by atoms with Crippen molar-refractivity contribution >= 4 is 11.8 Å². The minimum Gasteiger partial charge on any atom is -0.395 e. The third-order valence-electron chi connectivity index (χ3n) is 7.56. The van der Waals surface area contributed by atoms with Crippen LogP contribution in [-0.2, 0) is 16.1 Å². The van der Waals surface area contributed by atoms with E-state index in [0.717, 1.165) is 11.1 Å². The number of amides is 2. The van der Waals surface area contributed by atoms with E-state index in [1.165, 1.54) is 0 Å². The number of hydrogen-bond donors (Lipinski definition) is 3. The van der Waals surface area contributed by atoms with Crippen molar-refractivity contribution in [2.24, 2.45) is 0 Å². The number of carbonyl (C=O) groups excluding carboxylic acids is 2. The van der Waals surface area contributed by atoms with Crippen LogP contribution < -0.4 is 5.32 Å². The van der Waals surface area contributed by atoms with Gasteiger partial charge in [-0.3, -0.25) is 24.8 Å². The summed E-state index contributed by atoms with van der Waals surface area (Å²) >= 11 is 0. The number of pyridine rings is 1. The molecule has 2 saturated heterocycles. The monoisotopic (exact) mass is 509 g/mol. The van der Waals surface area contributed by atoms with E-state index in [9.17, 15) is 19.8 Å². The van der Waals surface area contributed by atoms with Crippen LogP contribution in [0.2, 0.25) is 0 Å². The maximum Gasteiger partial charge on any atom is 0.226 e. The highest BCUT2D eigenvalue weighted by molar-refractivity contribution is 5.78. The molecule has 0 spiro atoms. The lowest BCUT2D eigenvalue weighted by Gasteiger charge is -2.44.